The Morgan fingerprint density at radius 1 is 0.969 bits per heavy atom. The van der Waals surface area contributed by atoms with Crippen molar-refractivity contribution in [3.63, 3.8) is 0 Å². The zero-order valence-corrected chi connectivity index (χ0v) is 36.6. The Kier molecular flexibility index (Phi) is 8.25. The number of nitrogens with zero attached hydrogens (tertiary/aromatic N) is 9. The number of hydrogen-bond donors (Lipinski definition) is 1. The van der Waals surface area contributed by atoms with E-state index in [0.29, 0.717) is 59.0 Å². The number of H-pyrrole nitrogens is 1. The molecule has 0 bridgehead atoms. The molecule has 1 amide bonds. The second-order valence-corrected chi connectivity index (χ2v) is 18.6. The van der Waals surface area contributed by atoms with Crippen LogP contribution in [0.15, 0.2) is 81.2 Å². The smallest absolute Gasteiger partial charge is 0.376 e. The number of halogens is 2. The molecule has 0 spiro atoms. The summed E-state index contributed by atoms with van der Waals surface area (Å²) < 4.78 is 72.8. The van der Waals surface area contributed by atoms with Crippen LogP contribution in [0.1, 0.15) is 107 Å². The molecule has 5 aromatic heterocycles. The van der Waals surface area contributed by atoms with Crippen LogP contribution in [0, 0.1) is 31.4 Å². The van der Waals surface area contributed by atoms with E-state index >= 15 is 13.6 Å². The minimum atomic E-state index is -2.66. The molecule has 334 valence electrons. The summed E-state index contributed by atoms with van der Waals surface area (Å²) in [5, 5.41) is 13.9. The van der Waals surface area contributed by atoms with E-state index in [9.17, 15) is 9.59 Å². The average molecular weight is 887 g/mol. The molecule has 11 rings (SSSR count). The molecule has 1 N–H and O–H groups in total. The van der Waals surface area contributed by atoms with E-state index in [2.05, 4.69) is 41.2 Å². The fourth-order valence-corrected chi connectivity index (χ4v) is 10.7. The van der Waals surface area contributed by atoms with Crippen LogP contribution in [0.3, 0.4) is 0 Å². The number of carbonyl (C=O) groups excluding carboxylic acids is 1. The van der Waals surface area contributed by atoms with Crippen LogP contribution in [0.5, 0.6) is 0 Å². The number of ether oxygens (including phenoxy) is 1. The quantitative estimate of drug-likeness (QED) is 0.162. The monoisotopic (exact) mass is 886 g/mol. The molecule has 8 aromatic rings. The number of amides is 1. The Balaban J connectivity index is 1.05. The third-order valence-electron chi connectivity index (χ3n) is 14.0. The number of benzene rings is 3. The predicted octanol–water partition coefficient (Wildman–Crippen LogP) is 7.44. The molecule has 2 fully saturated rings. The van der Waals surface area contributed by atoms with Gasteiger partial charge in [-0.1, -0.05) is 18.1 Å². The van der Waals surface area contributed by atoms with E-state index < -0.39 is 35.8 Å². The molecule has 17 heteroatoms. The Labute approximate surface area is 375 Å². The molecule has 4 atom stereocenters. The predicted molar refractivity (Wildman–Crippen MR) is 237 cm³/mol. The number of aromatic amines is 1. The molecule has 3 aromatic carbocycles. The largest absolute Gasteiger partial charge is 0.438 e. The fourth-order valence-electron chi connectivity index (χ4n) is 10.7. The number of hydrogen-bond acceptors (Lipinski definition) is 8. The van der Waals surface area contributed by atoms with Gasteiger partial charge in [0.25, 0.3) is 5.91 Å². The van der Waals surface area contributed by atoms with Crippen molar-refractivity contribution in [3.8, 4) is 17.2 Å². The van der Waals surface area contributed by atoms with Crippen LogP contribution in [0.2, 0.25) is 0 Å². The molecule has 0 unspecified atom stereocenters. The minimum absolute atomic E-state index is 0.0292. The van der Waals surface area contributed by atoms with Gasteiger partial charge in [0.1, 0.15) is 22.9 Å². The van der Waals surface area contributed by atoms with Gasteiger partial charge < -0.3 is 14.2 Å². The van der Waals surface area contributed by atoms with Gasteiger partial charge in [-0.25, -0.2) is 23.1 Å². The third kappa shape index (κ3) is 6.14. The molecule has 1 aliphatic carbocycles. The Morgan fingerprint density at radius 3 is 2.43 bits per heavy atom. The second-order valence-electron chi connectivity index (χ2n) is 18.6. The number of carbonyl (C=O) groups is 1. The summed E-state index contributed by atoms with van der Waals surface area (Å²) in [5.41, 5.74) is 2.69. The molecule has 3 aliphatic rings. The standard InChI is InChI=1S/C48H48F2N10O5/c1-25-18-32(19-26(2)40(25)49)60-42(58-16-15-57(46(58)63)37-11-10-36-33(41(37)50)24-51-55(36)7)39-28(4)56(14-12-34(39)53-60)43(61)38-21-31-20-29(30-13-17-64-47(5,6)23-30)8-9-35(31)59(38)48(22-27(48)3)44-52-45(62)65-54-44/h8-11,15-16,18-21,24,27-28,30H,12-14,17,22-23H2,1-7H3,(H,52,54,62)/t27-,28-,30-,48-/m0/s1/i7+1D3. The molecule has 1 saturated carbocycles. The molecular formula is C48H48F2N10O5. The maximum absolute atomic E-state index is 16.3. The van der Waals surface area contributed by atoms with Crippen LogP contribution in [0.25, 0.3) is 39.0 Å². The zero-order valence-electron chi connectivity index (χ0n) is 39.6. The van der Waals surface area contributed by atoms with Crippen molar-refractivity contribution in [2.75, 3.05) is 13.2 Å². The summed E-state index contributed by atoms with van der Waals surface area (Å²) in [7, 11) is 0. The van der Waals surface area contributed by atoms with Gasteiger partial charge in [-0.2, -0.15) is 10.2 Å². The van der Waals surface area contributed by atoms with E-state index in [1.54, 1.807) is 35.6 Å². The molecular weight excluding hydrogens is 836 g/mol. The summed E-state index contributed by atoms with van der Waals surface area (Å²) >= 11 is 0. The van der Waals surface area contributed by atoms with Gasteiger partial charge in [0.05, 0.1) is 45.8 Å². The summed E-state index contributed by atoms with van der Waals surface area (Å²) in [4.78, 5) is 47.3. The highest BCUT2D eigenvalue weighted by Crippen LogP contribution is 2.56. The molecule has 2 aliphatic heterocycles. The lowest BCUT2D eigenvalue weighted by Crippen LogP contribution is -2.41. The van der Waals surface area contributed by atoms with Crippen molar-refractivity contribution < 1.29 is 26.9 Å². The number of rotatable bonds is 7. The summed E-state index contributed by atoms with van der Waals surface area (Å²) in [6, 6.07) is 13.5. The number of aromatic nitrogens is 9. The van der Waals surface area contributed by atoms with Crippen LogP contribution >= 0.6 is 0 Å². The summed E-state index contributed by atoms with van der Waals surface area (Å²) in [5.74, 6) is -1.42. The Morgan fingerprint density at radius 2 is 1.72 bits per heavy atom. The van der Waals surface area contributed by atoms with Crippen LogP contribution in [-0.2, 0) is 23.7 Å². The number of nitrogens with one attached hydrogen (secondary N) is 1. The van der Waals surface area contributed by atoms with Crippen LogP contribution in [-0.4, -0.2) is 73.0 Å². The maximum atomic E-state index is 16.3. The minimum Gasteiger partial charge on any atom is -0.376 e. The van der Waals surface area contributed by atoms with E-state index in [1.165, 1.54) is 29.1 Å². The lowest BCUT2D eigenvalue weighted by Gasteiger charge is -2.35. The number of fused-ring (bicyclic) bond motifs is 3. The van der Waals surface area contributed by atoms with E-state index in [0.717, 1.165) is 44.8 Å². The lowest BCUT2D eigenvalue weighted by molar-refractivity contribution is -0.0592. The van der Waals surface area contributed by atoms with E-state index in [1.807, 2.05) is 30.5 Å². The van der Waals surface area contributed by atoms with Crippen LogP contribution < -0.4 is 11.4 Å². The number of imidazole rings is 1. The SMILES string of the molecule is [2H][13C]([2H])([2H])n1ncc2c(F)c(-n3ccn(-c4c5c(nn4-c4cc(C)c(F)c(C)c4)CCN(C(=O)c4cc6cc([C@H]7CCOC(C)(C)C7)ccc6n4[C@@]4(c6noc(=O)[nH]6)C[C@@H]4C)[C@H]5C)c3=O)ccc21. The average Bonchev–Trinajstić information content (AvgIpc) is 3.94. The summed E-state index contributed by atoms with van der Waals surface area (Å²) in [6.45, 7) is 9.61. The molecule has 7 heterocycles. The normalized spacial score (nSPS) is 22.6. The van der Waals surface area contributed by atoms with Gasteiger partial charge in [-0.15, -0.1) is 0 Å². The lowest BCUT2D eigenvalue weighted by atomic mass is 9.83. The first-order valence-corrected chi connectivity index (χ1v) is 21.8. The second kappa shape index (κ2) is 14.3. The van der Waals surface area contributed by atoms with Crippen LogP contribution in [0.4, 0.5) is 8.78 Å². The highest BCUT2D eigenvalue weighted by Gasteiger charge is 2.59. The summed E-state index contributed by atoms with van der Waals surface area (Å²) in [6.07, 6.45) is 6.57. The first-order chi connectivity index (χ1) is 32.3. The van der Waals surface area contributed by atoms with Gasteiger partial charge in [-0.3, -0.25) is 28.1 Å². The van der Waals surface area contributed by atoms with Crippen molar-refractivity contribution in [2.24, 2.45) is 12.9 Å². The fraction of sp³-hybridized carbons (Fsp3) is 0.375. The third-order valence-corrected chi connectivity index (χ3v) is 14.0. The highest BCUT2D eigenvalue weighted by molar-refractivity contribution is 6.00. The van der Waals surface area contributed by atoms with Gasteiger partial charge in [-0.05, 0) is 125 Å². The van der Waals surface area contributed by atoms with Gasteiger partial charge in [0.15, 0.2) is 11.6 Å². The zero-order chi connectivity index (χ0) is 47.9. The molecule has 15 nitrogen and oxygen atoms in total. The van der Waals surface area contributed by atoms with Crippen molar-refractivity contribution in [3.05, 3.63) is 139 Å². The first kappa shape index (κ1) is 37.5. The Bertz CT molecular complexity index is 3500. The topological polar surface area (TPSA) is 156 Å². The number of aryl methyl sites for hydroxylation is 3. The van der Waals surface area contributed by atoms with Gasteiger partial charge >= 0.3 is 11.4 Å². The molecule has 65 heavy (non-hydrogen) atoms. The van der Waals surface area contributed by atoms with Gasteiger partial charge in [0, 0.05) is 59.5 Å². The first-order valence-electron chi connectivity index (χ1n) is 23.3. The molecule has 0 radical (unpaired) electrons. The molecule has 1 saturated heterocycles. The van der Waals surface area contributed by atoms with Crippen molar-refractivity contribution in [1.82, 2.24) is 48.3 Å². The van der Waals surface area contributed by atoms with Crippen molar-refractivity contribution in [2.45, 2.75) is 90.3 Å². The highest BCUT2D eigenvalue weighted by atomic mass is 19.1. The van der Waals surface area contributed by atoms with E-state index in [4.69, 9.17) is 18.5 Å². The van der Waals surface area contributed by atoms with Gasteiger partial charge in [0.2, 0.25) is 0 Å². The Hall–Kier alpha value is -6.88. The van der Waals surface area contributed by atoms with Crippen molar-refractivity contribution in [1.29, 1.82) is 0 Å². The maximum Gasteiger partial charge on any atom is 0.438 e. The van der Waals surface area contributed by atoms with Crippen molar-refractivity contribution >= 4 is 27.7 Å². The van der Waals surface area contributed by atoms with E-state index in [-0.39, 0.29) is 58.1 Å².